The van der Waals surface area contributed by atoms with Crippen molar-refractivity contribution in [1.82, 2.24) is 4.90 Å². The number of piperidine rings is 1. The van der Waals surface area contributed by atoms with Gasteiger partial charge in [0, 0.05) is 31.3 Å². The van der Waals surface area contributed by atoms with Crippen LogP contribution in [-0.2, 0) is 11.2 Å². The molecule has 1 fully saturated rings. The van der Waals surface area contributed by atoms with E-state index in [1.807, 2.05) is 24.0 Å². The number of rotatable bonds is 7. The molecule has 154 valence electrons. The number of hydrogen-bond acceptors (Lipinski definition) is 3. The van der Waals surface area contributed by atoms with E-state index in [0.29, 0.717) is 23.8 Å². The van der Waals surface area contributed by atoms with Gasteiger partial charge in [-0.2, -0.15) is 0 Å². The molecule has 1 aliphatic rings. The van der Waals surface area contributed by atoms with Crippen molar-refractivity contribution in [3.8, 4) is 5.75 Å². The zero-order valence-electron chi connectivity index (χ0n) is 17.3. The molecular formula is C24H30N2O3. The van der Waals surface area contributed by atoms with Gasteiger partial charge in [-0.3, -0.25) is 9.59 Å². The standard InChI is InChI=1S/C24H30N2O3/c1-3-29-23-12-6-19(7-13-23)4-5-20-14-16-26(17-15-20)24(28)21-8-10-22(11-9-21)25-18(2)27/h6-13,20H,3-5,14-17H2,1-2H3,(H,25,27). The Morgan fingerprint density at radius 2 is 1.69 bits per heavy atom. The minimum Gasteiger partial charge on any atom is -0.494 e. The van der Waals surface area contributed by atoms with Gasteiger partial charge in [-0.15, -0.1) is 0 Å². The van der Waals surface area contributed by atoms with E-state index in [4.69, 9.17) is 4.74 Å². The summed E-state index contributed by atoms with van der Waals surface area (Å²) in [7, 11) is 0. The summed E-state index contributed by atoms with van der Waals surface area (Å²) in [6.45, 7) is 5.77. The van der Waals surface area contributed by atoms with Crippen molar-refractivity contribution in [2.24, 2.45) is 5.92 Å². The quantitative estimate of drug-likeness (QED) is 0.751. The number of nitrogens with zero attached hydrogens (tertiary/aromatic N) is 1. The number of carbonyl (C=O) groups is 2. The van der Waals surface area contributed by atoms with Gasteiger partial charge in [-0.25, -0.2) is 0 Å². The number of benzene rings is 2. The highest BCUT2D eigenvalue weighted by Gasteiger charge is 2.23. The van der Waals surface area contributed by atoms with Crippen LogP contribution < -0.4 is 10.1 Å². The minimum atomic E-state index is -0.114. The molecule has 0 aromatic heterocycles. The monoisotopic (exact) mass is 394 g/mol. The highest BCUT2D eigenvalue weighted by atomic mass is 16.5. The van der Waals surface area contributed by atoms with Crippen LogP contribution in [0, 0.1) is 5.92 Å². The van der Waals surface area contributed by atoms with E-state index in [1.165, 1.54) is 12.5 Å². The van der Waals surface area contributed by atoms with Crippen LogP contribution >= 0.6 is 0 Å². The van der Waals surface area contributed by atoms with Crippen LogP contribution in [0.5, 0.6) is 5.75 Å². The molecule has 2 aromatic rings. The second kappa shape index (κ2) is 10.1. The third kappa shape index (κ3) is 6.08. The van der Waals surface area contributed by atoms with Crippen LogP contribution in [0.4, 0.5) is 5.69 Å². The van der Waals surface area contributed by atoms with Gasteiger partial charge in [0.1, 0.15) is 5.75 Å². The first-order chi connectivity index (χ1) is 14.0. The Kier molecular flexibility index (Phi) is 7.28. The Balaban J connectivity index is 1.44. The van der Waals surface area contributed by atoms with Crippen LogP contribution in [0.1, 0.15) is 49.0 Å². The second-order valence-corrected chi connectivity index (χ2v) is 7.61. The van der Waals surface area contributed by atoms with Crippen molar-refractivity contribution in [3.63, 3.8) is 0 Å². The number of carbonyl (C=O) groups excluding carboxylic acids is 2. The molecule has 0 bridgehead atoms. The maximum absolute atomic E-state index is 12.7. The molecule has 0 aliphatic carbocycles. The lowest BCUT2D eigenvalue weighted by Gasteiger charge is -2.32. The fourth-order valence-corrected chi connectivity index (χ4v) is 3.80. The molecule has 2 amide bonds. The molecule has 0 spiro atoms. The van der Waals surface area contributed by atoms with Gasteiger partial charge in [-0.05, 0) is 80.5 Å². The molecule has 1 heterocycles. The third-order valence-electron chi connectivity index (χ3n) is 5.43. The number of ether oxygens (including phenoxy) is 1. The van der Waals surface area contributed by atoms with Crippen molar-refractivity contribution >= 4 is 17.5 Å². The Morgan fingerprint density at radius 3 is 2.28 bits per heavy atom. The van der Waals surface area contributed by atoms with Crippen molar-refractivity contribution in [3.05, 3.63) is 59.7 Å². The largest absolute Gasteiger partial charge is 0.494 e. The zero-order valence-corrected chi connectivity index (χ0v) is 17.3. The highest BCUT2D eigenvalue weighted by Crippen LogP contribution is 2.24. The van der Waals surface area contributed by atoms with Gasteiger partial charge < -0.3 is 15.0 Å². The fourth-order valence-electron chi connectivity index (χ4n) is 3.80. The van der Waals surface area contributed by atoms with E-state index in [-0.39, 0.29) is 11.8 Å². The minimum absolute atomic E-state index is 0.0735. The summed E-state index contributed by atoms with van der Waals surface area (Å²) in [5.41, 5.74) is 2.72. The molecular weight excluding hydrogens is 364 g/mol. The van der Waals surface area contributed by atoms with Gasteiger partial charge >= 0.3 is 0 Å². The van der Waals surface area contributed by atoms with Gasteiger partial charge in [0.05, 0.1) is 6.61 Å². The first-order valence-electron chi connectivity index (χ1n) is 10.4. The fraction of sp³-hybridized carbons (Fsp3) is 0.417. The summed E-state index contributed by atoms with van der Waals surface area (Å²) in [5.74, 6) is 1.54. The zero-order chi connectivity index (χ0) is 20.6. The predicted octanol–water partition coefficient (Wildman–Crippen LogP) is 4.53. The molecule has 3 rings (SSSR count). The summed E-state index contributed by atoms with van der Waals surface area (Å²) in [4.78, 5) is 25.8. The van der Waals surface area contributed by atoms with Crippen LogP contribution in [0.15, 0.2) is 48.5 Å². The molecule has 29 heavy (non-hydrogen) atoms. The highest BCUT2D eigenvalue weighted by molar-refractivity contribution is 5.95. The normalized spacial score (nSPS) is 14.5. The molecule has 2 aromatic carbocycles. The van der Waals surface area contributed by atoms with Crippen LogP contribution in [0.3, 0.4) is 0 Å². The van der Waals surface area contributed by atoms with Crippen molar-refractivity contribution in [2.75, 3.05) is 25.0 Å². The van der Waals surface area contributed by atoms with Crippen LogP contribution in [-0.4, -0.2) is 36.4 Å². The summed E-state index contributed by atoms with van der Waals surface area (Å²) >= 11 is 0. The first-order valence-corrected chi connectivity index (χ1v) is 10.4. The topological polar surface area (TPSA) is 58.6 Å². The van der Waals surface area contributed by atoms with Gasteiger partial charge in [0.2, 0.25) is 5.91 Å². The van der Waals surface area contributed by atoms with Crippen LogP contribution in [0.25, 0.3) is 0 Å². The Bertz CT molecular complexity index is 807. The number of amides is 2. The molecule has 1 saturated heterocycles. The number of anilines is 1. The predicted molar refractivity (Wildman–Crippen MR) is 115 cm³/mol. The van der Waals surface area contributed by atoms with Gasteiger partial charge in [0.15, 0.2) is 0 Å². The molecule has 5 nitrogen and oxygen atoms in total. The van der Waals surface area contributed by atoms with E-state index in [9.17, 15) is 9.59 Å². The Morgan fingerprint density at radius 1 is 1.03 bits per heavy atom. The average Bonchev–Trinajstić information content (AvgIpc) is 2.73. The lowest BCUT2D eigenvalue weighted by atomic mass is 9.90. The Hall–Kier alpha value is -2.82. The number of likely N-dealkylation sites (tertiary alicyclic amines) is 1. The van der Waals surface area contributed by atoms with E-state index in [0.717, 1.165) is 44.5 Å². The maximum atomic E-state index is 12.7. The summed E-state index contributed by atoms with van der Waals surface area (Å²) in [5, 5.41) is 2.72. The second-order valence-electron chi connectivity index (χ2n) is 7.61. The van der Waals surface area contributed by atoms with Gasteiger partial charge in [-0.1, -0.05) is 12.1 Å². The van der Waals surface area contributed by atoms with Crippen molar-refractivity contribution in [1.29, 1.82) is 0 Å². The van der Waals surface area contributed by atoms with Gasteiger partial charge in [0.25, 0.3) is 5.91 Å². The number of hydrogen-bond donors (Lipinski definition) is 1. The number of aryl methyl sites for hydroxylation is 1. The molecule has 0 saturated carbocycles. The average molecular weight is 395 g/mol. The van der Waals surface area contributed by atoms with E-state index >= 15 is 0 Å². The first kappa shape index (κ1) is 20.9. The Labute approximate surface area is 173 Å². The molecule has 5 heteroatoms. The molecule has 1 aliphatic heterocycles. The number of nitrogens with one attached hydrogen (secondary N) is 1. The summed E-state index contributed by atoms with van der Waals surface area (Å²) < 4.78 is 5.49. The van der Waals surface area contributed by atoms with Crippen molar-refractivity contribution in [2.45, 2.75) is 39.5 Å². The maximum Gasteiger partial charge on any atom is 0.253 e. The lowest BCUT2D eigenvalue weighted by molar-refractivity contribution is -0.114. The lowest BCUT2D eigenvalue weighted by Crippen LogP contribution is -2.38. The van der Waals surface area contributed by atoms with Crippen molar-refractivity contribution < 1.29 is 14.3 Å². The molecule has 1 N–H and O–H groups in total. The SMILES string of the molecule is CCOc1ccc(CCC2CCN(C(=O)c3ccc(NC(C)=O)cc3)CC2)cc1. The smallest absolute Gasteiger partial charge is 0.253 e. The van der Waals surface area contributed by atoms with E-state index in [2.05, 4.69) is 17.4 Å². The molecule has 0 atom stereocenters. The molecule has 0 radical (unpaired) electrons. The third-order valence-corrected chi connectivity index (χ3v) is 5.43. The van der Waals surface area contributed by atoms with E-state index < -0.39 is 0 Å². The van der Waals surface area contributed by atoms with E-state index in [1.54, 1.807) is 24.3 Å². The van der Waals surface area contributed by atoms with Crippen LogP contribution in [0.2, 0.25) is 0 Å². The summed E-state index contributed by atoms with van der Waals surface area (Å²) in [6, 6.07) is 15.5. The summed E-state index contributed by atoms with van der Waals surface area (Å²) in [6.07, 6.45) is 4.32. The molecule has 0 unspecified atom stereocenters.